The summed E-state index contributed by atoms with van der Waals surface area (Å²) < 4.78 is 6.88. The van der Waals surface area contributed by atoms with Crippen LogP contribution in [-0.4, -0.2) is 0 Å². The quantitative estimate of drug-likeness (QED) is 0.169. The molecule has 0 atom stereocenters. The smallest absolute Gasteiger partial charge is 0.143 e. The number of rotatable bonds is 6. The second kappa shape index (κ2) is 13.0. The van der Waals surface area contributed by atoms with Crippen LogP contribution in [0.4, 0.5) is 17.1 Å². The van der Waals surface area contributed by atoms with Crippen molar-refractivity contribution in [1.29, 1.82) is 0 Å². The molecule has 1 aliphatic carbocycles. The standard InChI is InChI=1S/C55H39NO/c1-55(2)49-20-12-11-19-47(49)51-45-17-9-10-18-46(45)54-52(53(51)55)48-35-44(33-34-50(48)57-54)56(42-29-25-40(26-30-42)37-15-7-4-8-16-37)43-31-27-41(28-32-43)39-23-21-38(22-24-39)36-13-5-3-6-14-36/h3-35H,1-2H3. The van der Waals surface area contributed by atoms with Crippen LogP contribution in [0.15, 0.2) is 205 Å². The highest BCUT2D eigenvalue weighted by molar-refractivity contribution is 6.23. The molecule has 2 heteroatoms. The summed E-state index contributed by atoms with van der Waals surface area (Å²) in [5.74, 6) is 0. The average Bonchev–Trinajstić information content (AvgIpc) is 3.77. The van der Waals surface area contributed by atoms with Crippen LogP contribution >= 0.6 is 0 Å². The number of nitrogens with zero attached hydrogens (tertiary/aromatic N) is 1. The maximum atomic E-state index is 6.88. The van der Waals surface area contributed by atoms with Crippen molar-refractivity contribution in [2.45, 2.75) is 19.3 Å². The SMILES string of the molecule is CC1(C)c2ccccc2-c2c1c1c3cc(N(c4ccc(-c5ccccc5)cc4)c4ccc(-c5ccc(-c6ccccc6)cc5)cc4)ccc3oc1c1ccccc21. The molecular weight excluding hydrogens is 691 g/mol. The van der Waals surface area contributed by atoms with E-state index in [4.69, 9.17) is 4.42 Å². The first-order valence-electron chi connectivity index (χ1n) is 19.8. The highest BCUT2D eigenvalue weighted by atomic mass is 16.3. The largest absolute Gasteiger partial charge is 0.455 e. The Kier molecular flexibility index (Phi) is 7.55. The summed E-state index contributed by atoms with van der Waals surface area (Å²) in [5, 5.41) is 4.73. The zero-order valence-corrected chi connectivity index (χ0v) is 31.9. The van der Waals surface area contributed by atoms with Gasteiger partial charge in [0.25, 0.3) is 0 Å². The van der Waals surface area contributed by atoms with Crippen LogP contribution in [0.1, 0.15) is 25.0 Å². The molecule has 270 valence electrons. The van der Waals surface area contributed by atoms with Gasteiger partial charge in [0.05, 0.1) is 0 Å². The molecule has 0 amide bonds. The molecule has 11 rings (SSSR count). The van der Waals surface area contributed by atoms with E-state index in [9.17, 15) is 0 Å². The van der Waals surface area contributed by atoms with Crippen LogP contribution in [0, 0.1) is 0 Å². The fourth-order valence-corrected chi connectivity index (χ4v) is 9.28. The highest BCUT2D eigenvalue weighted by Crippen LogP contribution is 2.56. The minimum absolute atomic E-state index is 0.205. The summed E-state index contributed by atoms with van der Waals surface area (Å²) >= 11 is 0. The predicted molar refractivity (Wildman–Crippen MR) is 240 cm³/mol. The molecule has 0 unspecified atom stereocenters. The summed E-state index contributed by atoms with van der Waals surface area (Å²) in [6.45, 7) is 4.73. The topological polar surface area (TPSA) is 16.4 Å². The van der Waals surface area contributed by atoms with Crippen molar-refractivity contribution in [3.8, 4) is 44.5 Å². The van der Waals surface area contributed by atoms with Gasteiger partial charge in [0, 0.05) is 38.6 Å². The van der Waals surface area contributed by atoms with E-state index in [1.165, 1.54) is 66.4 Å². The molecular formula is C55H39NO. The van der Waals surface area contributed by atoms with Gasteiger partial charge in [-0.3, -0.25) is 0 Å². The molecule has 2 nitrogen and oxygen atoms in total. The van der Waals surface area contributed by atoms with Gasteiger partial charge in [-0.15, -0.1) is 0 Å². The van der Waals surface area contributed by atoms with E-state index in [-0.39, 0.29) is 5.41 Å². The summed E-state index contributed by atoms with van der Waals surface area (Å²) in [6.07, 6.45) is 0. The molecule has 1 aromatic heterocycles. The van der Waals surface area contributed by atoms with Crippen molar-refractivity contribution in [2.75, 3.05) is 4.90 Å². The van der Waals surface area contributed by atoms with Gasteiger partial charge in [-0.25, -0.2) is 0 Å². The molecule has 0 aliphatic heterocycles. The molecule has 1 aliphatic rings. The van der Waals surface area contributed by atoms with Gasteiger partial charge >= 0.3 is 0 Å². The number of anilines is 3. The predicted octanol–water partition coefficient (Wildman–Crippen LogP) is 15.5. The lowest BCUT2D eigenvalue weighted by molar-refractivity contribution is 0.659. The lowest BCUT2D eigenvalue weighted by atomic mass is 9.79. The molecule has 0 bridgehead atoms. The second-order valence-corrected chi connectivity index (χ2v) is 15.7. The molecule has 0 radical (unpaired) electrons. The van der Waals surface area contributed by atoms with E-state index in [0.29, 0.717) is 0 Å². The van der Waals surface area contributed by atoms with Crippen molar-refractivity contribution < 1.29 is 4.42 Å². The first kappa shape index (κ1) is 33.2. The molecule has 0 saturated heterocycles. The van der Waals surface area contributed by atoms with E-state index < -0.39 is 0 Å². The molecule has 0 fully saturated rings. The van der Waals surface area contributed by atoms with Gasteiger partial charge in [0.15, 0.2) is 0 Å². The van der Waals surface area contributed by atoms with Crippen LogP contribution in [-0.2, 0) is 5.41 Å². The summed E-state index contributed by atoms with van der Waals surface area (Å²) in [6, 6.07) is 72.3. The first-order valence-corrected chi connectivity index (χ1v) is 19.8. The Labute approximate surface area is 332 Å². The third kappa shape index (κ3) is 5.33. The zero-order valence-electron chi connectivity index (χ0n) is 31.9. The van der Waals surface area contributed by atoms with E-state index in [1.54, 1.807) is 0 Å². The number of furan rings is 1. The minimum Gasteiger partial charge on any atom is -0.455 e. The van der Waals surface area contributed by atoms with E-state index in [2.05, 4.69) is 219 Å². The number of hydrogen-bond acceptors (Lipinski definition) is 2. The Hall–Kier alpha value is -7.16. The minimum atomic E-state index is -0.205. The fraction of sp³-hybridized carbons (Fsp3) is 0.0545. The van der Waals surface area contributed by atoms with E-state index >= 15 is 0 Å². The monoisotopic (exact) mass is 729 g/mol. The van der Waals surface area contributed by atoms with Gasteiger partial charge in [0.2, 0.25) is 0 Å². The Morgan fingerprint density at radius 3 is 1.44 bits per heavy atom. The molecule has 57 heavy (non-hydrogen) atoms. The second-order valence-electron chi connectivity index (χ2n) is 15.7. The van der Waals surface area contributed by atoms with E-state index in [1.807, 2.05) is 0 Å². The number of fused-ring (bicyclic) bond motifs is 10. The molecule has 9 aromatic carbocycles. The number of benzene rings is 9. The average molecular weight is 730 g/mol. The maximum Gasteiger partial charge on any atom is 0.143 e. The van der Waals surface area contributed by atoms with Crippen molar-refractivity contribution in [3.05, 3.63) is 211 Å². The Morgan fingerprint density at radius 1 is 0.404 bits per heavy atom. The van der Waals surface area contributed by atoms with Crippen molar-refractivity contribution in [3.63, 3.8) is 0 Å². The van der Waals surface area contributed by atoms with Gasteiger partial charge in [-0.1, -0.05) is 172 Å². The van der Waals surface area contributed by atoms with Crippen LogP contribution in [0.2, 0.25) is 0 Å². The highest BCUT2D eigenvalue weighted by Gasteiger charge is 2.39. The molecule has 0 saturated carbocycles. The van der Waals surface area contributed by atoms with Gasteiger partial charge in [0.1, 0.15) is 11.2 Å². The molecule has 0 spiro atoms. The Morgan fingerprint density at radius 2 is 0.860 bits per heavy atom. The third-order valence-electron chi connectivity index (χ3n) is 12.0. The van der Waals surface area contributed by atoms with E-state index in [0.717, 1.165) is 39.0 Å². The summed E-state index contributed by atoms with van der Waals surface area (Å²) in [4.78, 5) is 2.37. The lowest BCUT2D eigenvalue weighted by Crippen LogP contribution is -2.15. The van der Waals surface area contributed by atoms with Crippen LogP contribution in [0.25, 0.3) is 77.2 Å². The number of hydrogen-bond donors (Lipinski definition) is 0. The normalized spacial score (nSPS) is 12.9. The van der Waals surface area contributed by atoms with Gasteiger partial charge < -0.3 is 9.32 Å². The fourth-order valence-electron chi connectivity index (χ4n) is 9.28. The van der Waals surface area contributed by atoms with Crippen LogP contribution in [0.5, 0.6) is 0 Å². The zero-order chi connectivity index (χ0) is 38.1. The Bertz CT molecular complexity index is 3100. The van der Waals surface area contributed by atoms with Gasteiger partial charge in [-0.2, -0.15) is 0 Å². The van der Waals surface area contributed by atoms with Crippen molar-refractivity contribution in [2.24, 2.45) is 0 Å². The first-order chi connectivity index (χ1) is 28.0. The molecule has 10 aromatic rings. The summed E-state index contributed by atoms with van der Waals surface area (Å²) in [5.41, 5.74) is 17.4. The molecule has 0 N–H and O–H groups in total. The third-order valence-corrected chi connectivity index (χ3v) is 12.0. The van der Waals surface area contributed by atoms with Crippen molar-refractivity contribution >= 4 is 49.8 Å². The Balaban J connectivity index is 1.08. The lowest BCUT2D eigenvalue weighted by Gasteiger charge is -2.26. The van der Waals surface area contributed by atoms with Crippen LogP contribution in [0.3, 0.4) is 0 Å². The molecule has 1 heterocycles. The summed E-state index contributed by atoms with van der Waals surface area (Å²) in [7, 11) is 0. The van der Waals surface area contributed by atoms with Crippen molar-refractivity contribution in [1.82, 2.24) is 0 Å². The maximum absolute atomic E-state index is 6.88. The van der Waals surface area contributed by atoms with Crippen LogP contribution < -0.4 is 4.90 Å². The van der Waals surface area contributed by atoms with Gasteiger partial charge in [-0.05, 0) is 103 Å².